The number of ether oxygens (including phenoxy) is 1. The van der Waals surface area contributed by atoms with E-state index < -0.39 is 0 Å². The molecule has 0 spiro atoms. The van der Waals surface area contributed by atoms with Crippen molar-refractivity contribution in [3.05, 3.63) is 84.5 Å². The third kappa shape index (κ3) is 4.64. The molecule has 2 nitrogen and oxygen atoms in total. The molecule has 0 fully saturated rings. The summed E-state index contributed by atoms with van der Waals surface area (Å²) in [6.45, 7) is 0. The average molecular weight is 250 g/mol. The van der Waals surface area contributed by atoms with E-state index in [1.807, 2.05) is 60.7 Å². The normalized spacial score (nSPS) is 10.9. The van der Waals surface area contributed by atoms with Crippen molar-refractivity contribution in [2.45, 2.75) is 0 Å². The SMILES string of the molecule is O=C(C=CC=Cc1ccccc1)Oc1ccccc1. The van der Waals surface area contributed by atoms with Crippen molar-refractivity contribution >= 4 is 12.0 Å². The molecule has 0 aliphatic rings. The van der Waals surface area contributed by atoms with E-state index in [1.54, 1.807) is 18.2 Å². The van der Waals surface area contributed by atoms with Gasteiger partial charge in [-0.3, -0.25) is 0 Å². The van der Waals surface area contributed by atoms with Crippen LogP contribution in [0.2, 0.25) is 0 Å². The zero-order chi connectivity index (χ0) is 13.3. The van der Waals surface area contributed by atoms with Crippen LogP contribution in [0.5, 0.6) is 5.75 Å². The Morgan fingerprint density at radius 1 is 0.842 bits per heavy atom. The van der Waals surface area contributed by atoms with E-state index in [4.69, 9.17) is 4.74 Å². The molecule has 2 heteroatoms. The molecule has 19 heavy (non-hydrogen) atoms. The van der Waals surface area contributed by atoms with Crippen molar-refractivity contribution in [2.24, 2.45) is 0 Å². The summed E-state index contributed by atoms with van der Waals surface area (Å²) in [4.78, 5) is 11.5. The third-order valence-corrected chi connectivity index (χ3v) is 2.39. The molecule has 0 aromatic heterocycles. The van der Waals surface area contributed by atoms with Crippen LogP contribution in [0.15, 0.2) is 78.9 Å². The number of benzene rings is 2. The van der Waals surface area contributed by atoms with Crippen LogP contribution < -0.4 is 4.74 Å². The van der Waals surface area contributed by atoms with E-state index >= 15 is 0 Å². The van der Waals surface area contributed by atoms with Gasteiger partial charge in [-0.15, -0.1) is 0 Å². The van der Waals surface area contributed by atoms with E-state index in [0.717, 1.165) is 5.56 Å². The van der Waals surface area contributed by atoms with Crippen molar-refractivity contribution in [1.29, 1.82) is 0 Å². The minimum Gasteiger partial charge on any atom is -0.423 e. The van der Waals surface area contributed by atoms with E-state index in [9.17, 15) is 4.79 Å². The summed E-state index contributed by atoms with van der Waals surface area (Å²) in [5.41, 5.74) is 1.09. The van der Waals surface area contributed by atoms with E-state index in [1.165, 1.54) is 6.08 Å². The molecule has 0 unspecified atom stereocenters. The second-order valence-electron chi connectivity index (χ2n) is 3.86. The number of hydrogen-bond donors (Lipinski definition) is 0. The van der Waals surface area contributed by atoms with Crippen molar-refractivity contribution in [3.63, 3.8) is 0 Å². The maximum Gasteiger partial charge on any atom is 0.336 e. The fraction of sp³-hybridized carbons (Fsp3) is 0. The van der Waals surface area contributed by atoms with E-state index in [0.29, 0.717) is 5.75 Å². The second kappa shape index (κ2) is 6.97. The van der Waals surface area contributed by atoms with Crippen LogP contribution in [0, 0.1) is 0 Å². The molecule has 0 amide bonds. The van der Waals surface area contributed by atoms with Gasteiger partial charge in [0.25, 0.3) is 0 Å². The molecule has 0 aliphatic heterocycles. The first-order valence-electron chi connectivity index (χ1n) is 6.01. The van der Waals surface area contributed by atoms with Gasteiger partial charge in [0.2, 0.25) is 0 Å². The van der Waals surface area contributed by atoms with Crippen LogP contribution in [0.1, 0.15) is 5.56 Å². The number of rotatable bonds is 4. The second-order valence-corrected chi connectivity index (χ2v) is 3.86. The van der Waals surface area contributed by atoms with Crippen molar-refractivity contribution in [2.75, 3.05) is 0 Å². The minimum absolute atomic E-state index is 0.385. The predicted octanol–water partition coefficient (Wildman–Crippen LogP) is 3.86. The Bertz CT molecular complexity index is 569. The van der Waals surface area contributed by atoms with Crippen LogP contribution in [-0.2, 0) is 4.79 Å². The van der Waals surface area contributed by atoms with Gasteiger partial charge in [-0.25, -0.2) is 4.79 Å². The Morgan fingerprint density at radius 3 is 2.16 bits per heavy atom. The number of hydrogen-bond acceptors (Lipinski definition) is 2. The molecule has 2 rings (SSSR count). The highest BCUT2D eigenvalue weighted by Gasteiger charge is 1.97. The summed E-state index contributed by atoms with van der Waals surface area (Å²) in [5.74, 6) is 0.160. The summed E-state index contributed by atoms with van der Waals surface area (Å²) in [6.07, 6.45) is 6.79. The first-order chi connectivity index (χ1) is 9.34. The van der Waals surface area contributed by atoms with Gasteiger partial charge in [-0.05, 0) is 17.7 Å². The van der Waals surface area contributed by atoms with Crippen molar-refractivity contribution in [3.8, 4) is 5.75 Å². The lowest BCUT2D eigenvalue weighted by Crippen LogP contribution is -2.02. The Hall–Kier alpha value is -2.61. The van der Waals surface area contributed by atoms with Crippen LogP contribution >= 0.6 is 0 Å². The molecule has 0 saturated heterocycles. The number of carbonyl (C=O) groups is 1. The lowest BCUT2D eigenvalue weighted by atomic mass is 10.2. The zero-order valence-corrected chi connectivity index (χ0v) is 10.4. The largest absolute Gasteiger partial charge is 0.423 e. The Kier molecular flexibility index (Phi) is 4.71. The smallest absolute Gasteiger partial charge is 0.336 e. The fourth-order valence-corrected chi connectivity index (χ4v) is 1.50. The maximum atomic E-state index is 11.5. The Morgan fingerprint density at radius 2 is 1.47 bits per heavy atom. The number of carbonyl (C=O) groups excluding carboxylic acids is 1. The van der Waals surface area contributed by atoms with Gasteiger partial charge in [-0.2, -0.15) is 0 Å². The highest BCUT2D eigenvalue weighted by molar-refractivity contribution is 5.84. The first kappa shape index (κ1) is 12.8. The summed E-state index contributed by atoms with van der Waals surface area (Å²) in [5, 5.41) is 0. The molecular formula is C17H14O2. The summed E-state index contributed by atoms with van der Waals surface area (Å²) < 4.78 is 5.11. The Balaban J connectivity index is 1.86. The van der Waals surface area contributed by atoms with Crippen LogP contribution in [0.4, 0.5) is 0 Å². The number of esters is 1. The summed E-state index contributed by atoms with van der Waals surface area (Å²) >= 11 is 0. The van der Waals surface area contributed by atoms with Gasteiger partial charge in [-0.1, -0.05) is 66.8 Å². The molecule has 0 heterocycles. The van der Waals surface area contributed by atoms with Crippen molar-refractivity contribution in [1.82, 2.24) is 0 Å². The highest BCUT2D eigenvalue weighted by atomic mass is 16.5. The molecular weight excluding hydrogens is 236 g/mol. The molecule has 2 aromatic carbocycles. The van der Waals surface area contributed by atoms with Crippen LogP contribution in [0.3, 0.4) is 0 Å². The standard InChI is InChI=1S/C17H14O2/c18-17(19-16-12-5-2-6-13-16)14-8-7-11-15-9-3-1-4-10-15/h1-14H. The predicted molar refractivity (Wildman–Crippen MR) is 76.7 cm³/mol. The van der Waals surface area contributed by atoms with Gasteiger partial charge in [0, 0.05) is 6.08 Å². The molecule has 0 saturated carbocycles. The molecule has 0 N–H and O–H groups in total. The molecule has 2 aromatic rings. The lowest BCUT2D eigenvalue weighted by molar-refractivity contribution is -0.128. The van der Waals surface area contributed by atoms with Gasteiger partial charge < -0.3 is 4.74 Å². The number of allylic oxidation sites excluding steroid dienone is 2. The van der Waals surface area contributed by atoms with E-state index in [2.05, 4.69) is 0 Å². The maximum absolute atomic E-state index is 11.5. The van der Waals surface area contributed by atoms with Gasteiger partial charge >= 0.3 is 5.97 Å². The van der Waals surface area contributed by atoms with Gasteiger partial charge in [0.1, 0.15) is 5.75 Å². The van der Waals surface area contributed by atoms with Gasteiger partial charge in [0.05, 0.1) is 0 Å². The molecule has 0 aliphatic carbocycles. The van der Waals surface area contributed by atoms with Crippen molar-refractivity contribution < 1.29 is 9.53 Å². The minimum atomic E-state index is -0.385. The fourth-order valence-electron chi connectivity index (χ4n) is 1.50. The summed E-state index contributed by atoms with van der Waals surface area (Å²) in [7, 11) is 0. The monoisotopic (exact) mass is 250 g/mol. The molecule has 0 bridgehead atoms. The average Bonchev–Trinajstić information content (AvgIpc) is 2.46. The lowest BCUT2D eigenvalue weighted by Gasteiger charge is -1.98. The molecule has 0 atom stereocenters. The summed E-state index contributed by atoms with van der Waals surface area (Å²) in [6, 6.07) is 18.9. The first-order valence-corrected chi connectivity index (χ1v) is 6.01. The van der Waals surface area contributed by atoms with Crippen LogP contribution in [0.25, 0.3) is 6.08 Å². The topological polar surface area (TPSA) is 26.3 Å². The highest BCUT2D eigenvalue weighted by Crippen LogP contribution is 2.08. The Labute approximate surface area is 112 Å². The molecule has 0 radical (unpaired) electrons. The van der Waals surface area contributed by atoms with Crippen LogP contribution in [-0.4, -0.2) is 5.97 Å². The zero-order valence-electron chi connectivity index (χ0n) is 10.4. The number of para-hydroxylation sites is 1. The third-order valence-electron chi connectivity index (χ3n) is 2.39. The molecule has 94 valence electrons. The van der Waals surface area contributed by atoms with Gasteiger partial charge in [0.15, 0.2) is 0 Å². The quantitative estimate of drug-likeness (QED) is 0.356. The van der Waals surface area contributed by atoms with E-state index in [-0.39, 0.29) is 5.97 Å².